The number of oxazole rings is 1. The summed E-state index contributed by atoms with van der Waals surface area (Å²) in [6.45, 7) is 5.93. The minimum absolute atomic E-state index is 0.0179. The molecule has 3 aliphatic rings. The van der Waals surface area contributed by atoms with Crippen molar-refractivity contribution in [1.82, 2.24) is 15.2 Å². The van der Waals surface area contributed by atoms with Crippen molar-refractivity contribution in [2.75, 3.05) is 13.1 Å². The minimum atomic E-state index is -0.198. The van der Waals surface area contributed by atoms with Crippen molar-refractivity contribution in [3.05, 3.63) is 41.9 Å². The van der Waals surface area contributed by atoms with E-state index in [0.717, 1.165) is 18.0 Å². The van der Waals surface area contributed by atoms with Crippen LogP contribution in [-0.4, -0.2) is 46.7 Å². The first-order chi connectivity index (χ1) is 13.0. The van der Waals surface area contributed by atoms with Crippen molar-refractivity contribution >= 4 is 23.5 Å². The number of aromatic nitrogens is 1. The second-order valence-electron chi connectivity index (χ2n) is 7.28. The number of nitrogens with one attached hydrogen (secondary N) is 1. The number of amides is 1. The van der Waals surface area contributed by atoms with E-state index in [4.69, 9.17) is 4.42 Å². The van der Waals surface area contributed by atoms with E-state index in [9.17, 15) is 9.59 Å². The van der Waals surface area contributed by atoms with Crippen molar-refractivity contribution in [3.8, 4) is 0 Å². The van der Waals surface area contributed by atoms with E-state index in [1.54, 1.807) is 0 Å². The fourth-order valence-corrected chi connectivity index (χ4v) is 4.77. The summed E-state index contributed by atoms with van der Waals surface area (Å²) in [4.78, 5) is 31.3. The molecule has 1 aromatic heterocycles. The van der Waals surface area contributed by atoms with Crippen LogP contribution in [0.5, 0.6) is 0 Å². The summed E-state index contributed by atoms with van der Waals surface area (Å²) in [6, 6.07) is 8.05. The topological polar surface area (TPSA) is 75.4 Å². The molecule has 7 heteroatoms. The molecule has 6 nitrogen and oxygen atoms in total. The molecular weight excluding hydrogens is 362 g/mol. The first-order valence-electron chi connectivity index (χ1n) is 9.31. The lowest BCUT2D eigenvalue weighted by Crippen LogP contribution is -2.62. The maximum absolute atomic E-state index is 12.7. The van der Waals surface area contributed by atoms with Gasteiger partial charge in [0.05, 0.1) is 6.20 Å². The van der Waals surface area contributed by atoms with E-state index >= 15 is 0 Å². The fourth-order valence-electron chi connectivity index (χ4n) is 4.04. The molecule has 3 saturated heterocycles. The van der Waals surface area contributed by atoms with Crippen LogP contribution in [0.4, 0.5) is 0 Å². The highest BCUT2D eigenvalue weighted by Crippen LogP contribution is 2.32. The third kappa shape index (κ3) is 3.80. The second-order valence-corrected chi connectivity index (χ2v) is 8.36. The molecule has 3 fully saturated rings. The zero-order valence-electron chi connectivity index (χ0n) is 15.5. The number of hydrogen-bond acceptors (Lipinski definition) is 6. The number of hydrogen-bond donors (Lipinski definition) is 1. The van der Waals surface area contributed by atoms with Gasteiger partial charge in [-0.2, -0.15) is 0 Å². The van der Waals surface area contributed by atoms with E-state index in [-0.39, 0.29) is 23.6 Å². The van der Waals surface area contributed by atoms with Gasteiger partial charge in [-0.3, -0.25) is 14.5 Å². The van der Waals surface area contributed by atoms with Gasteiger partial charge in [-0.15, -0.1) is 0 Å². The number of Topliss-reactive ketones (excluding diaryl/α,β-unsaturated/α-hetero) is 1. The van der Waals surface area contributed by atoms with Gasteiger partial charge in [0, 0.05) is 29.5 Å². The highest BCUT2D eigenvalue weighted by Gasteiger charge is 2.40. The molecule has 2 aromatic rings. The quantitative estimate of drug-likeness (QED) is 0.797. The monoisotopic (exact) mass is 385 g/mol. The summed E-state index contributed by atoms with van der Waals surface area (Å²) in [5.41, 5.74) is 0.657. The summed E-state index contributed by atoms with van der Waals surface area (Å²) in [7, 11) is 0. The van der Waals surface area contributed by atoms with Gasteiger partial charge < -0.3 is 9.73 Å². The highest BCUT2D eigenvalue weighted by atomic mass is 32.2. The minimum Gasteiger partial charge on any atom is -0.427 e. The van der Waals surface area contributed by atoms with Gasteiger partial charge in [-0.1, -0.05) is 11.8 Å². The number of carbonyl (C=O) groups excluding carboxylic acids is 2. The predicted octanol–water partition coefficient (Wildman–Crippen LogP) is 3.24. The average molecular weight is 385 g/mol. The lowest BCUT2D eigenvalue weighted by atomic mass is 9.79. The number of benzene rings is 1. The van der Waals surface area contributed by atoms with E-state index in [1.807, 2.05) is 24.3 Å². The van der Waals surface area contributed by atoms with Crippen LogP contribution in [-0.2, 0) is 0 Å². The van der Waals surface area contributed by atoms with Crippen molar-refractivity contribution in [2.45, 2.75) is 48.8 Å². The molecule has 2 atom stereocenters. The largest absolute Gasteiger partial charge is 0.427 e. The molecular formula is C20H23N3O3S. The normalized spacial score (nSPS) is 26.7. The van der Waals surface area contributed by atoms with Gasteiger partial charge in [0.25, 0.3) is 11.8 Å². The molecule has 3 aliphatic heterocycles. The van der Waals surface area contributed by atoms with Gasteiger partial charge in [0.2, 0.25) is 5.78 Å². The van der Waals surface area contributed by atoms with Crippen LogP contribution in [0.15, 0.2) is 44.9 Å². The van der Waals surface area contributed by atoms with Crippen LogP contribution in [0.2, 0.25) is 0 Å². The SMILES string of the molecule is CC(=O)c1ncc(Sc2ccc(C(=O)N[C@@H]3C4CCN(CC4)[C@H]3C)cc2)o1. The molecule has 0 saturated carbocycles. The molecule has 2 bridgehead atoms. The van der Waals surface area contributed by atoms with Crippen molar-refractivity contribution in [3.63, 3.8) is 0 Å². The van der Waals surface area contributed by atoms with Crippen LogP contribution in [0.1, 0.15) is 47.7 Å². The Labute approximate surface area is 162 Å². The van der Waals surface area contributed by atoms with Gasteiger partial charge in [-0.25, -0.2) is 4.98 Å². The van der Waals surface area contributed by atoms with Crippen LogP contribution in [0, 0.1) is 5.92 Å². The van der Waals surface area contributed by atoms with Crippen molar-refractivity contribution in [1.29, 1.82) is 0 Å². The number of rotatable bonds is 5. The Morgan fingerprint density at radius 3 is 2.52 bits per heavy atom. The van der Waals surface area contributed by atoms with Crippen molar-refractivity contribution in [2.24, 2.45) is 5.92 Å². The molecule has 1 N–H and O–H groups in total. The van der Waals surface area contributed by atoms with E-state index in [0.29, 0.717) is 22.6 Å². The Hall–Kier alpha value is -2.12. The average Bonchev–Trinajstić information content (AvgIpc) is 3.14. The molecule has 1 amide bonds. The van der Waals surface area contributed by atoms with Gasteiger partial charge >= 0.3 is 0 Å². The Bertz CT molecular complexity index is 838. The van der Waals surface area contributed by atoms with Gasteiger partial charge in [0.1, 0.15) is 0 Å². The number of fused-ring (bicyclic) bond motifs is 3. The number of ketones is 1. The zero-order chi connectivity index (χ0) is 19.0. The third-order valence-electron chi connectivity index (χ3n) is 5.60. The molecule has 0 radical (unpaired) electrons. The number of carbonyl (C=O) groups is 2. The van der Waals surface area contributed by atoms with E-state index < -0.39 is 0 Å². The lowest BCUT2D eigenvalue weighted by Gasteiger charge is -2.49. The van der Waals surface area contributed by atoms with Gasteiger partial charge in [-0.05, 0) is 63.0 Å². The van der Waals surface area contributed by atoms with Crippen LogP contribution in [0.25, 0.3) is 0 Å². The summed E-state index contributed by atoms with van der Waals surface area (Å²) >= 11 is 1.37. The highest BCUT2D eigenvalue weighted by molar-refractivity contribution is 7.99. The Kier molecular flexibility index (Phi) is 5.06. The predicted molar refractivity (Wildman–Crippen MR) is 102 cm³/mol. The molecule has 0 unspecified atom stereocenters. The maximum Gasteiger partial charge on any atom is 0.263 e. The van der Waals surface area contributed by atoms with E-state index in [1.165, 1.54) is 37.7 Å². The van der Waals surface area contributed by atoms with Crippen LogP contribution < -0.4 is 5.32 Å². The lowest BCUT2D eigenvalue weighted by molar-refractivity contribution is 0.0217. The molecule has 142 valence electrons. The standard InChI is InChI=1S/C20H23N3O3S/c1-12-18(14-7-9-23(12)10-8-14)22-19(25)15-3-5-16(6-4-15)27-17-11-21-20(26-17)13(2)24/h3-6,11-12,14,18H,7-10H2,1-2H3,(H,22,25)/t12-,18-/m0/s1. The Morgan fingerprint density at radius 1 is 1.22 bits per heavy atom. The fraction of sp³-hybridized carbons (Fsp3) is 0.450. The molecule has 1 aromatic carbocycles. The van der Waals surface area contributed by atoms with Crippen LogP contribution >= 0.6 is 11.8 Å². The molecule has 0 spiro atoms. The smallest absolute Gasteiger partial charge is 0.263 e. The molecule has 0 aliphatic carbocycles. The maximum atomic E-state index is 12.7. The van der Waals surface area contributed by atoms with Crippen LogP contribution in [0.3, 0.4) is 0 Å². The molecule has 5 rings (SSSR count). The number of piperidine rings is 3. The first-order valence-corrected chi connectivity index (χ1v) is 10.1. The summed E-state index contributed by atoms with van der Waals surface area (Å²) < 4.78 is 5.39. The van der Waals surface area contributed by atoms with Gasteiger partial charge in [0.15, 0.2) is 5.09 Å². The first kappa shape index (κ1) is 18.3. The third-order valence-corrected chi connectivity index (χ3v) is 6.49. The van der Waals surface area contributed by atoms with E-state index in [2.05, 4.69) is 22.1 Å². The Morgan fingerprint density at radius 2 is 1.93 bits per heavy atom. The van der Waals surface area contributed by atoms with Crippen molar-refractivity contribution < 1.29 is 14.0 Å². The molecule has 27 heavy (non-hydrogen) atoms. The summed E-state index contributed by atoms with van der Waals surface area (Å²) in [5.74, 6) is 0.484. The Balaban J connectivity index is 1.39. The summed E-state index contributed by atoms with van der Waals surface area (Å²) in [5, 5.41) is 3.80. The number of nitrogens with zero attached hydrogens (tertiary/aromatic N) is 2. The molecule has 4 heterocycles. The second kappa shape index (κ2) is 7.48. The zero-order valence-corrected chi connectivity index (χ0v) is 16.3. The summed E-state index contributed by atoms with van der Waals surface area (Å²) in [6.07, 6.45) is 3.88.